The Morgan fingerprint density at radius 1 is 0.571 bits per heavy atom. The predicted octanol–water partition coefficient (Wildman–Crippen LogP) is 7.07. The summed E-state index contributed by atoms with van der Waals surface area (Å²) in [6, 6.07) is 0. The zero-order valence-electron chi connectivity index (χ0n) is 16.4. The van der Waals surface area contributed by atoms with Gasteiger partial charge in [0.2, 0.25) is 0 Å². The number of halogens is 4. The lowest BCUT2D eigenvalue weighted by Gasteiger charge is -2.26. The van der Waals surface area contributed by atoms with Crippen molar-refractivity contribution >= 4 is 63.7 Å². The average Bonchev–Trinajstić information content (AvgIpc) is 2.62. The molecule has 0 spiro atoms. The second-order valence-corrected chi connectivity index (χ2v) is 9.77. The Hall–Kier alpha value is -0.120. The van der Waals surface area contributed by atoms with Crippen LogP contribution in [0.3, 0.4) is 0 Å². The van der Waals surface area contributed by atoms with Gasteiger partial charge in [0.05, 0.1) is 0 Å². The molecule has 0 amide bonds. The van der Waals surface area contributed by atoms with Crippen LogP contribution in [0.4, 0.5) is 0 Å². The van der Waals surface area contributed by atoms with Crippen molar-refractivity contribution in [2.75, 3.05) is 0 Å². The van der Waals surface area contributed by atoms with E-state index in [0.29, 0.717) is 22.6 Å². The van der Waals surface area contributed by atoms with E-state index in [1.807, 2.05) is 27.7 Å². The van der Waals surface area contributed by atoms with Gasteiger partial charge >= 0.3 is 0 Å². The molecule has 2 rings (SSSR count). The van der Waals surface area contributed by atoms with Gasteiger partial charge in [0.15, 0.2) is 12.6 Å². The Morgan fingerprint density at radius 3 is 1.11 bits per heavy atom. The minimum Gasteiger partial charge on any atom is -0.464 e. The summed E-state index contributed by atoms with van der Waals surface area (Å²) in [6.07, 6.45) is -2.00. The second kappa shape index (κ2) is 9.35. The van der Waals surface area contributed by atoms with Crippen LogP contribution < -0.4 is 9.47 Å². The minimum absolute atomic E-state index is 0.536. The highest BCUT2D eigenvalue weighted by Crippen LogP contribution is 2.54. The minimum atomic E-state index is -1.00. The monoisotopic (exact) mass is 642 g/mol. The third-order valence-corrected chi connectivity index (χ3v) is 9.20. The van der Waals surface area contributed by atoms with Gasteiger partial charge in [-0.3, -0.25) is 0 Å². The van der Waals surface area contributed by atoms with Crippen molar-refractivity contribution < 1.29 is 19.7 Å². The Morgan fingerprint density at radius 2 is 0.857 bits per heavy atom. The average molecular weight is 646 g/mol. The quantitative estimate of drug-likeness (QED) is 0.342. The predicted molar refractivity (Wildman–Crippen MR) is 126 cm³/mol. The lowest BCUT2D eigenvalue weighted by atomic mass is 9.94. The van der Waals surface area contributed by atoms with Gasteiger partial charge < -0.3 is 19.7 Å². The van der Waals surface area contributed by atoms with Crippen LogP contribution in [0.1, 0.15) is 36.1 Å². The first kappa shape index (κ1) is 24.2. The molecule has 0 saturated heterocycles. The van der Waals surface area contributed by atoms with E-state index in [0.717, 1.165) is 40.1 Å². The number of ether oxygens (including phenoxy) is 2. The molecule has 4 nitrogen and oxygen atoms in total. The van der Waals surface area contributed by atoms with Gasteiger partial charge in [0.25, 0.3) is 0 Å². The summed E-state index contributed by atoms with van der Waals surface area (Å²) in [5.41, 5.74) is 5.17. The third kappa shape index (κ3) is 4.47. The molecule has 0 bridgehead atoms. The first-order valence-corrected chi connectivity index (χ1v) is 11.7. The van der Waals surface area contributed by atoms with Gasteiger partial charge in [-0.1, -0.05) is 0 Å². The Kier molecular flexibility index (Phi) is 8.07. The number of benzene rings is 2. The second-order valence-electron chi connectivity index (χ2n) is 6.60. The number of rotatable bonds is 5. The highest BCUT2D eigenvalue weighted by atomic mass is 79.9. The van der Waals surface area contributed by atoms with Crippen LogP contribution in [0.15, 0.2) is 17.9 Å². The van der Waals surface area contributed by atoms with Crippen molar-refractivity contribution in [3.63, 3.8) is 0 Å². The molecule has 2 aromatic carbocycles. The normalized spacial score (nSPS) is 13.4. The first-order valence-electron chi connectivity index (χ1n) is 8.56. The van der Waals surface area contributed by atoms with Crippen LogP contribution in [-0.2, 0) is 0 Å². The standard InChI is InChI=1S/C20H22Br4O4/c1-7-9(3)19(27-11(5)25)13(17(23)15(7)21)14-18(24)16(22)8(2)10(4)20(14)28-12(6)26/h11-12,25-26H,1-6H3. The van der Waals surface area contributed by atoms with Crippen LogP contribution in [0, 0.1) is 27.7 Å². The molecule has 0 radical (unpaired) electrons. The summed E-state index contributed by atoms with van der Waals surface area (Å²) in [6.45, 7) is 10.9. The van der Waals surface area contributed by atoms with E-state index in [4.69, 9.17) is 9.47 Å². The summed E-state index contributed by atoms with van der Waals surface area (Å²) in [7, 11) is 0. The van der Waals surface area contributed by atoms with Crippen LogP contribution in [0.25, 0.3) is 11.1 Å². The molecule has 0 aliphatic carbocycles. The summed E-state index contributed by atoms with van der Waals surface area (Å²) in [5, 5.41) is 19.9. The van der Waals surface area contributed by atoms with Gasteiger partial charge in [-0.25, -0.2) is 0 Å². The molecule has 8 heteroatoms. The van der Waals surface area contributed by atoms with Crippen LogP contribution in [0.2, 0.25) is 0 Å². The van der Waals surface area contributed by atoms with Crippen molar-refractivity contribution in [1.29, 1.82) is 0 Å². The fourth-order valence-electron chi connectivity index (χ4n) is 2.88. The molecule has 2 unspecified atom stereocenters. The van der Waals surface area contributed by atoms with Gasteiger partial charge in [-0.2, -0.15) is 0 Å². The smallest absolute Gasteiger partial charge is 0.194 e. The van der Waals surface area contributed by atoms with Gasteiger partial charge in [0.1, 0.15) is 11.5 Å². The van der Waals surface area contributed by atoms with Crippen molar-refractivity contribution in [2.45, 2.75) is 54.1 Å². The van der Waals surface area contributed by atoms with Gasteiger partial charge in [-0.05, 0) is 128 Å². The maximum Gasteiger partial charge on any atom is 0.194 e. The molecule has 0 fully saturated rings. The topological polar surface area (TPSA) is 58.9 Å². The molecule has 154 valence electrons. The molecule has 0 aliphatic rings. The van der Waals surface area contributed by atoms with E-state index in [1.165, 1.54) is 0 Å². The van der Waals surface area contributed by atoms with E-state index in [-0.39, 0.29) is 0 Å². The molecule has 0 saturated carbocycles. The van der Waals surface area contributed by atoms with E-state index in [2.05, 4.69) is 63.7 Å². The SMILES string of the molecule is Cc1c(C)c(OC(C)O)c(-c2c(Br)c(Br)c(C)c(C)c2OC(C)O)c(Br)c1Br. The van der Waals surface area contributed by atoms with E-state index in [9.17, 15) is 10.2 Å². The summed E-state index contributed by atoms with van der Waals surface area (Å²) in [4.78, 5) is 0. The number of hydrogen-bond donors (Lipinski definition) is 2. The lowest BCUT2D eigenvalue weighted by Crippen LogP contribution is -2.15. The highest BCUT2D eigenvalue weighted by Gasteiger charge is 2.28. The molecular weight excluding hydrogens is 624 g/mol. The Balaban J connectivity index is 3.07. The molecule has 28 heavy (non-hydrogen) atoms. The summed E-state index contributed by atoms with van der Waals surface area (Å²) >= 11 is 14.7. The third-order valence-electron chi connectivity index (χ3n) is 4.57. The lowest BCUT2D eigenvalue weighted by molar-refractivity contribution is -0.00245. The maximum atomic E-state index is 9.95. The first-order chi connectivity index (χ1) is 12.9. The molecular formula is C20H22Br4O4. The van der Waals surface area contributed by atoms with Crippen LogP contribution in [-0.4, -0.2) is 22.8 Å². The largest absolute Gasteiger partial charge is 0.464 e. The molecule has 2 aromatic rings. The van der Waals surface area contributed by atoms with Crippen LogP contribution >= 0.6 is 63.7 Å². The van der Waals surface area contributed by atoms with Crippen molar-refractivity contribution in [1.82, 2.24) is 0 Å². The zero-order valence-corrected chi connectivity index (χ0v) is 22.7. The van der Waals surface area contributed by atoms with Gasteiger partial charge in [0, 0.05) is 29.0 Å². The molecule has 2 N–H and O–H groups in total. The number of aliphatic hydroxyl groups is 2. The summed E-state index contributed by atoms with van der Waals surface area (Å²) < 4.78 is 14.9. The number of hydrogen-bond acceptors (Lipinski definition) is 4. The Bertz CT molecular complexity index is 848. The van der Waals surface area contributed by atoms with E-state index < -0.39 is 12.6 Å². The molecule has 0 aliphatic heterocycles. The Labute approximate surface area is 199 Å². The number of aliphatic hydroxyl groups excluding tert-OH is 2. The van der Waals surface area contributed by atoms with E-state index in [1.54, 1.807) is 13.8 Å². The van der Waals surface area contributed by atoms with E-state index >= 15 is 0 Å². The maximum absolute atomic E-state index is 9.95. The van der Waals surface area contributed by atoms with Crippen molar-refractivity contribution in [2.24, 2.45) is 0 Å². The summed E-state index contributed by atoms with van der Waals surface area (Å²) in [5.74, 6) is 1.07. The fourth-order valence-corrected chi connectivity index (χ4v) is 5.22. The van der Waals surface area contributed by atoms with Crippen molar-refractivity contribution in [3.8, 4) is 22.6 Å². The molecule has 0 heterocycles. The van der Waals surface area contributed by atoms with Gasteiger partial charge in [-0.15, -0.1) is 0 Å². The fraction of sp³-hybridized carbons (Fsp3) is 0.400. The molecule has 2 atom stereocenters. The molecule has 0 aromatic heterocycles. The zero-order chi connectivity index (χ0) is 21.5. The van der Waals surface area contributed by atoms with Crippen LogP contribution in [0.5, 0.6) is 11.5 Å². The van der Waals surface area contributed by atoms with Crippen molar-refractivity contribution in [3.05, 3.63) is 40.1 Å². The highest BCUT2D eigenvalue weighted by molar-refractivity contribution is 9.13.